The van der Waals surface area contributed by atoms with E-state index in [-0.39, 0.29) is 5.91 Å². The first-order chi connectivity index (χ1) is 9.20. The molecule has 0 spiro atoms. The van der Waals surface area contributed by atoms with E-state index in [0.29, 0.717) is 11.5 Å². The number of hydrogen-bond acceptors (Lipinski definition) is 2. The molecule has 1 aliphatic rings. The van der Waals surface area contributed by atoms with Crippen molar-refractivity contribution in [3.05, 3.63) is 35.0 Å². The first-order valence-electron chi connectivity index (χ1n) is 6.66. The van der Waals surface area contributed by atoms with Crippen LogP contribution in [0, 0.1) is 5.92 Å². The standard InChI is InChI=1S/C15H18N2O2/c1-9-6-7-13-12(8-9)10-4-3-5-11(14(10)16-13)15(18)17-19-2/h3-5,9,16H,6-8H2,1-2H3,(H,17,18). The van der Waals surface area contributed by atoms with Crippen LogP contribution in [0.1, 0.15) is 35.0 Å². The van der Waals surface area contributed by atoms with Crippen LogP contribution in [0.3, 0.4) is 0 Å². The van der Waals surface area contributed by atoms with Crippen molar-refractivity contribution < 1.29 is 9.63 Å². The van der Waals surface area contributed by atoms with Gasteiger partial charge >= 0.3 is 0 Å². The SMILES string of the molecule is CONC(=O)c1cccc2c3c([nH]c12)CCC(C)C3. The van der Waals surface area contributed by atoms with E-state index in [0.717, 1.165) is 18.4 Å². The Morgan fingerprint density at radius 2 is 2.32 bits per heavy atom. The van der Waals surface area contributed by atoms with Crippen molar-refractivity contribution in [3.63, 3.8) is 0 Å². The van der Waals surface area contributed by atoms with Gasteiger partial charge in [-0.15, -0.1) is 0 Å². The minimum atomic E-state index is -0.209. The fourth-order valence-electron chi connectivity index (χ4n) is 2.95. The summed E-state index contributed by atoms with van der Waals surface area (Å²) in [6.45, 7) is 2.28. The fourth-order valence-corrected chi connectivity index (χ4v) is 2.95. The van der Waals surface area contributed by atoms with E-state index in [1.165, 1.54) is 30.2 Å². The molecule has 2 N–H and O–H groups in total. The van der Waals surface area contributed by atoms with Crippen molar-refractivity contribution in [2.45, 2.75) is 26.2 Å². The molecule has 3 rings (SSSR count). The van der Waals surface area contributed by atoms with Gasteiger partial charge in [-0.25, -0.2) is 5.48 Å². The van der Waals surface area contributed by atoms with Gasteiger partial charge in [0.1, 0.15) is 0 Å². The lowest BCUT2D eigenvalue weighted by Gasteiger charge is -2.17. The number of H-pyrrole nitrogens is 1. The van der Waals surface area contributed by atoms with Crippen LogP contribution in [0.2, 0.25) is 0 Å². The van der Waals surface area contributed by atoms with E-state index >= 15 is 0 Å². The molecule has 1 unspecified atom stereocenters. The number of rotatable bonds is 2. The molecule has 0 bridgehead atoms. The number of para-hydroxylation sites is 1. The Bertz CT molecular complexity index is 630. The van der Waals surface area contributed by atoms with E-state index in [1.807, 2.05) is 12.1 Å². The van der Waals surface area contributed by atoms with Crippen LogP contribution >= 0.6 is 0 Å². The predicted octanol–water partition coefficient (Wildman–Crippen LogP) is 2.58. The molecule has 0 aliphatic heterocycles. The van der Waals surface area contributed by atoms with Gasteiger partial charge in [0.05, 0.1) is 18.2 Å². The largest absolute Gasteiger partial charge is 0.358 e. The summed E-state index contributed by atoms with van der Waals surface area (Å²) in [6.07, 6.45) is 3.36. The molecule has 0 radical (unpaired) electrons. The molecular weight excluding hydrogens is 240 g/mol. The van der Waals surface area contributed by atoms with Crippen LogP contribution in [-0.4, -0.2) is 18.0 Å². The summed E-state index contributed by atoms with van der Waals surface area (Å²) in [7, 11) is 1.44. The van der Waals surface area contributed by atoms with Crippen molar-refractivity contribution in [2.24, 2.45) is 5.92 Å². The van der Waals surface area contributed by atoms with Gasteiger partial charge in [0.15, 0.2) is 0 Å². The summed E-state index contributed by atoms with van der Waals surface area (Å²) < 4.78 is 0. The highest BCUT2D eigenvalue weighted by molar-refractivity contribution is 6.06. The average Bonchev–Trinajstić information content (AvgIpc) is 2.77. The van der Waals surface area contributed by atoms with Crippen LogP contribution < -0.4 is 5.48 Å². The number of aryl methyl sites for hydroxylation is 1. The summed E-state index contributed by atoms with van der Waals surface area (Å²) in [5.41, 5.74) is 6.61. The maximum atomic E-state index is 12.0. The lowest BCUT2D eigenvalue weighted by molar-refractivity contribution is 0.0539. The van der Waals surface area contributed by atoms with E-state index in [9.17, 15) is 4.79 Å². The van der Waals surface area contributed by atoms with Crippen molar-refractivity contribution in [3.8, 4) is 0 Å². The summed E-state index contributed by atoms with van der Waals surface area (Å²) in [4.78, 5) is 20.1. The summed E-state index contributed by atoms with van der Waals surface area (Å²) in [5.74, 6) is 0.503. The Morgan fingerprint density at radius 3 is 3.11 bits per heavy atom. The highest BCUT2D eigenvalue weighted by Crippen LogP contribution is 2.32. The molecular formula is C15H18N2O2. The number of aromatic nitrogens is 1. The van der Waals surface area contributed by atoms with Crippen LogP contribution in [0.5, 0.6) is 0 Å². The van der Waals surface area contributed by atoms with Crippen LogP contribution in [0.4, 0.5) is 0 Å². The number of fused-ring (bicyclic) bond motifs is 3. The zero-order valence-electron chi connectivity index (χ0n) is 11.2. The van der Waals surface area contributed by atoms with Crippen molar-refractivity contribution in [1.29, 1.82) is 0 Å². The Hall–Kier alpha value is -1.81. The zero-order chi connectivity index (χ0) is 13.4. The topological polar surface area (TPSA) is 54.1 Å². The van der Waals surface area contributed by atoms with Crippen molar-refractivity contribution >= 4 is 16.8 Å². The normalized spacial score (nSPS) is 18.3. The molecule has 1 heterocycles. The molecule has 1 aliphatic carbocycles. The third-order valence-corrected chi connectivity index (χ3v) is 3.91. The van der Waals surface area contributed by atoms with Gasteiger partial charge in [0.25, 0.3) is 5.91 Å². The number of benzene rings is 1. The summed E-state index contributed by atoms with van der Waals surface area (Å²) >= 11 is 0. The van der Waals surface area contributed by atoms with Gasteiger partial charge in [-0.2, -0.15) is 0 Å². The van der Waals surface area contributed by atoms with Crippen molar-refractivity contribution in [1.82, 2.24) is 10.5 Å². The molecule has 100 valence electrons. The monoisotopic (exact) mass is 258 g/mol. The molecule has 2 aromatic rings. The van der Waals surface area contributed by atoms with Crippen LogP contribution in [0.25, 0.3) is 10.9 Å². The summed E-state index contributed by atoms with van der Waals surface area (Å²) in [6, 6.07) is 5.84. The Kier molecular flexibility index (Phi) is 3.03. The molecule has 1 atom stereocenters. The van der Waals surface area contributed by atoms with Crippen molar-refractivity contribution in [2.75, 3.05) is 7.11 Å². The molecule has 1 aromatic heterocycles. The smallest absolute Gasteiger partial charge is 0.276 e. The second-order valence-corrected chi connectivity index (χ2v) is 5.29. The van der Waals surface area contributed by atoms with E-state index < -0.39 is 0 Å². The number of carbonyl (C=O) groups is 1. The third-order valence-electron chi connectivity index (χ3n) is 3.91. The minimum absolute atomic E-state index is 0.209. The second kappa shape index (κ2) is 4.70. The predicted molar refractivity (Wildman–Crippen MR) is 74.0 cm³/mol. The summed E-state index contributed by atoms with van der Waals surface area (Å²) in [5, 5.41) is 1.17. The number of carbonyl (C=O) groups excluding carboxylic acids is 1. The first kappa shape index (κ1) is 12.2. The first-order valence-corrected chi connectivity index (χ1v) is 6.66. The number of aromatic amines is 1. The van der Waals surface area contributed by atoms with E-state index in [2.05, 4.69) is 23.5 Å². The highest BCUT2D eigenvalue weighted by Gasteiger charge is 2.22. The molecule has 0 saturated carbocycles. The van der Waals surface area contributed by atoms with Gasteiger partial charge in [-0.05, 0) is 36.8 Å². The Morgan fingerprint density at radius 1 is 1.47 bits per heavy atom. The Labute approximate surface area is 112 Å². The number of hydrogen-bond donors (Lipinski definition) is 2. The lowest BCUT2D eigenvalue weighted by atomic mass is 9.87. The van der Waals surface area contributed by atoms with Gasteiger partial charge in [0, 0.05) is 11.1 Å². The number of amides is 1. The molecule has 1 amide bonds. The maximum absolute atomic E-state index is 12.0. The second-order valence-electron chi connectivity index (χ2n) is 5.29. The molecule has 4 heteroatoms. The van der Waals surface area contributed by atoms with Crippen LogP contribution in [0.15, 0.2) is 18.2 Å². The van der Waals surface area contributed by atoms with Gasteiger partial charge < -0.3 is 4.98 Å². The maximum Gasteiger partial charge on any atom is 0.276 e. The Balaban J connectivity index is 2.14. The van der Waals surface area contributed by atoms with Crippen LogP contribution in [-0.2, 0) is 17.7 Å². The molecule has 19 heavy (non-hydrogen) atoms. The molecule has 1 aromatic carbocycles. The molecule has 4 nitrogen and oxygen atoms in total. The number of hydroxylamine groups is 1. The quantitative estimate of drug-likeness (QED) is 0.813. The molecule has 0 fully saturated rings. The average molecular weight is 258 g/mol. The fraction of sp³-hybridized carbons (Fsp3) is 0.400. The van der Waals surface area contributed by atoms with E-state index in [4.69, 9.17) is 4.84 Å². The zero-order valence-corrected chi connectivity index (χ0v) is 11.2. The molecule has 0 saturated heterocycles. The van der Waals surface area contributed by atoms with Gasteiger partial charge in [-0.3, -0.25) is 9.63 Å². The van der Waals surface area contributed by atoms with Gasteiger partial charge in [-0.1, -0.05) is 19.1 Å². The highest BCUT2D eigenvalue weighted by atomic mass is 16.6. The minimum Gasteiger partial charge on any atom is -0.358 e. The number of nitrogens with one attached hydrogen (secondary N) is 2. The third kappa shape index (κ3) is 2.02. The van der Waals surface area contributed by atoms with E-state index in [1.54, 1.807) is 0 Å². The lowest BCUT2D eigenvalue weighted by Crippen LogP contribution is -2.22. The van der Waals surface area contributed by atoms with Gasteiger partial charge in [0.2, 0.25) is 0 Å².